The van der Waals surface area contributed by atoms with Gasteiger partial charge in [0.15, 0.2) is 5.60 Å². The van der Waals surface area contributed by atoms with Gasteiger partial charge >= 0.3 is 5.97 Å². The van der Waals surface area contributed by atoms with Gasteiger partial charge < -0.3 is 29.5 Å². The average Bonchev–Trinajstić information content (AvgIpc) is 3.18. The highest BCUT2D eigenvalue weighted by Gasteiger charge is 2.46. The van der Waals surface area contributed by atoms with E-state index >= 15 is 0 Å². The second-order valence-corrected chi connectivity index (χ2v) is 13.9. The van der Waals surface area contributed by atoms with Gasteiger partial charge in [0, 0.05) is 36.6 Å². The Kier molecular flexibility index (Phi) is 10.2. The Labute approximate surface area is 277 Å². The van der Waals surface area contributed by atoms with Crippen LogP contribution in [0.5, 0.6) is 5.75 Å². The second kappa shape index (κ2) is 13.8. The van der Waals surface area contributed by atoms with E-state index in [1.807, 2.05) is 13.0 Å². The number of ether oxygens (including phenoxy) is 2. The van der Waals surface area contributed by atoms with Crippen molar-refractivity contribution in [3.05, 3.63) is 83.4 Å². The van der Waals surface area contributed by atoms with E-state index in [4.69, 9.17) is 21.1 Å². The number of hydrogen-bond acceptors (Lipinski definition) is 7. The summed E-state index contributed by atoms with van der Waals surface area (Å²) in [6, 6.07) is 11.2. The fourth-order valence-corrected chi connectivity index (χ4v) is 7.74. The van der Waals surface area contributed by atoms with E-state index in [1.165, 1.54) is 23.1 Å². The number of aryl methyl sites for hydroxylation is 1. The van der Waals surface area contributed by atoms with E-state index in [0.29, 0.717) is 36.9 Å². The largest absolute Gasteiger partial charge is 0.490 e. The third-order valence-corrected chi connectivity index (χ3v) is 10.9. The van der Waals surface area contributed by atoms with Gasteiger partial charge in [-0.2, -0.15) is 0 Å². The fourth-order valence-electron chi connectivity index (χ4n) is 7.55. The number of amides is 1. The predicted molar refractivity (Wildman–Crippen MR) is 180 cm³/mol. The van der Waals surface area contributed by atoms with Gasteiger partial charge in [0.1, 0.15) is 5.75 Å². The normalized spacial score (nSPS) is 24.5. The first kappa shape index (κ1) is 34.0. The van der Waals surface area contributed by atoms with Crippen LogP contribution in [0.3, 0.4) is 0 Å². The number of anilines is 1. The van der Waals surface area contributed by atoms with Crippen LogP contribution >= 0.6 is 11.6 Å². The number of nitrogens with zero attached hydrogens (tertiary/aromatic N) is 2. The summed E-state index contributed by atoms with van der Waals surface area (Å²) in [4.78, 5) is 30.4. The smallest absolute Gasteiger partial charge is 0.343 e. The first-order valence-electron chi connectivity index (χ1n) is 16.3. The molecule has 0 radical (unpaired) electrons. The first-order valence-corrected chi connectivity index (χ1v) is 16.6. The molecule has 2 N–H and O–H groups in total. The molecule has 2 aliphatic carbocycles. The molecule has 0 bridgehead atoms. The van der Waals surface area contributed by atoms with E-state index in [0.717, 1.165) is 37.8 Å². The average molecular weight is 651 g/mol. The summed E-state index contributed by atoms with van der Waals surface area (Å²) in [6.07, 6.45) is 7.61. The van der Waals surface area contributed by atoms with Crippen molar-refractivity contribution in [2.45, 2.75) is 75.0 Å². The number of methoxy groups -OCH3 is 1. The zero-order valence-electron chi connectivity index (χ0n) is 27.2. The minimum absolute atomic E-state index is 0.0967. The molecule has 2 aromatic carbocycles. The molecule has 248 valence electrons. The monoisotopic (exact) mass is 650 g/mol. The highest BCUT2D eigenvalue weighted by molar-refractivity contribution is 6.30. The van der Waals surface area contributed by atoms with Gasteiger partial charge in [0.25, 0.3) is 0 Å². The molecule has 3 aliphatic rings. The molecule has 0 unspecified atom stereocenters. The number of benzene rings is 2. The summed E-state index contributed by atoms with van der Waals surface area (Å²) in [5.74, 6) is -0.350. The minimum atomic E-state index is -2.22. The lowest BCUT2D eigenvalue weighted by Crippen LogP contribution is -2.49. The highest BCUT2D eigenvalue weighted by atomic mass is 35.5. The Morgan fingerprint density at radius 3 is 2.72 bits per heavy atom. The van der Waals surface area contributed by atoms with Gasteiger partial charge in [-0.15, -0.1) is 13.2 Å². The standard InChI is InChI=1S/C37H47ClN2O6/c1-6-9-24(3)39(4)34(42)20-37(44,35(43)45-5)27-12-16-33-31(19-27)40(21-26-11-14-29(26)32(41)7-2)22-36(23-46-33)17-8-10-25-18-28(38)13-15-30(25)36/h6-7,12-13,15-16,18-19,24,26,29,32,41,44H,1-2,8-11,14,17,20-23H2,3-5H3/t24-,26+,29-,32+,36+,37+/m1/s1. The van der Waals surface area contributed by atoms with Crippen molar-refractivity contribution in [1.29, 1.82) is 0 Å². The quantitative estimate of drug-likeness (QED) is 0.243. The molecule has 46 heavy (non-hydrogen) atoms. The van der Waals surface area contributed by atoms with E-state index in [-0.39, 0.29) is 28.9 Å². The van der Waals surface area contributed by atoms with Crippen molar-refractivity contribution < 1.29 is 29.3 Å². The first-order chi connectivity index (χ1) is 22.0. The summed E-state index contributed by atoms with van der Waals surface area (Å²) >= 11 is 6.41. The molecule has 0 aromatic heterocycles. The van der Waals surface area contributed by atoms with Crippen LogP contribution in [-0.4, -0.2) is 73.0 Å². The minimum Gasteiger partial charge on any atom is -0.490 e. The number of carbonyl (C=O) groups excluding carboxylic acids is 2. The molecule has 0 saturated heterocycles. The van der Waals surface area contributed by atoms with Crippen LogP contribution in [0, 0.1) is 11.8 Å². The molecular formula is C37H47ClN2O6. The summed E-state index contributed by atoms with van der Waals surface area (Å²) in [5.41, 5.74) is 0.916. The summed E-state index contributed by atoms with van der Waals surface area (Å²) in [7, 11) is 2.86. The molecule has 6 atom stereocenters. The van der Waals surface area contributed by atoms with Crippen LogP contribution in [0.25, 0.3) is 0 Å². The zero-order chi connectivity index (χ0) is 33.2. The SMILES string of the molecule is C=CC[C@@H](C)N(C)C(=O)C[C@@](O)(C(=O)OC)c1ccc2c(c1)N(C[C@@H]1CC[C@H]1[C@@H](O)C=C)C[C@@]1(CCCc3cc(Cl)ccc31)CO2. The molecule has 1 saturated carbocycles. The van der Waals surface area contributed by atoms with Crippen LogP contribution < -0.4 is 9.64 Å². The number of aliphatic hydroxyl groups is 2. The molecule has 5 rings (SSSR count). The van der Waals surface area contributed by atoms with Crippen molar-refractivity contribution in [2.75, 3.05) is 38.8 Å². The maximum absolute atomic E-state index is 13.4. The Morgan fingerprint density at radius 2 is 2.04 bits per heavy atom. The fraction of sp³-hybridized carbons (Fsp3) is 0.514. The molecule has 2 aromatic rings. The second-order valence-electron chi connectivity index (χ2n) is 13.4. The topological polar surface area (TPSA) is 99.5 Å². The molecule has 1 aliphatic heterocycles. The maximum Gasteiger partial charge on any atom is 0.343 e. The van der Waals surface area contributed by atoms with Crippen molar-refractivity contribution in [3.63, 3.8) is 0 Å². The van der Waals surface area contributed by atoms with E-state index in [9.17, 15) is 19.8 Å². The molecule has 1 amide bonds. The van der Waals surface area contributed by atoms with Crippen molar-refractivity contribution in [1.82, 2.24) is 4.90 Å². The third kappa shape index (κ3) is 6.44. The van der Waals surface area contributed by atoms with Gasteiger partial charge in [-0.05, 0) is 98.2 Å². The summed E-state index contributed by atoms with van der Waals surface area (Å²) < 4.78 is 11.7. The molecule has 1 spiro atoms. The van der Waals surface area contributed by atoms with Crippen LogP contribution in [-0.2, 0) is 31.8 Å². The van der Waals surface area contributed by atoms with Crippen molar-refractivity contribution >= 4 is 29.2 Å². The number of carbonyl (C=O) groups is 2. The third-order valence-electron chi connectivity index (χ3n) is 10.6. The lowest BCUT2D eigenvalue weighted by atomic mass is 9.68. The summed E-state index contributed by atoms with van der Waals surface area (Å²) in [5, 5.41) is 23.3. The lowest BCUT2D eigenvalue weighted by molar-refractivity contribution is -0.168. The molecule has 8 nitrogen and oxygen atoms in total. The van der Waals surface area contributed by atoms with Gasteiger partial charge in [-0.25, -0.2) is 4.79 Å². The van der Waals surface area contributed by atoms with Crippen molar-refractivity contribution in [3.8, 4) is 5.75 Å². The summed E-state index contributed by atoms with van der Waals surface area (Å²) in [6.45, 7) is 11.2. The maximum atomic E-state index is 13.4. The molecule has 9 heteroatoms. The van der Waals surface area contributed by atoms with E-state index in [1.54, 1.807) is 37.4 Å². The van der Waals surface area contributed by atoms with Crippen LogP contribution in [0.4, 0.5) is 5.69 Å². The van der Waals surface area contributed by atoms with Gasteiger partial charge in [0.2, 0.25) is 5.91 Å². The predicted octanol–water partition coefficient (Wildman–Crippen LogP) is 5.56. The number of hydrogen-bond donors (Lipinski definition) is 2. The number of esters is 1. The van der Waals surface area contributed by atoms with Gasteiger partial charge in [0.05, 0.1) is 31.9 Å². The highest BCUT2D eigenvalue weighted by Crippen LogP contribution is 2.47. The van der Waals surface area contributed by atoms with E-state index < -0.39 is 30.0 Å². The number of aliphatic hydroxyl groups excluding tert-OH is 1. The number of rotatable bonds is 11. The zero-order valence-corrected chi connectivity index (χ0v) is 28.0. The number of fused-ring (bicyclic) bond motifs is 3. The lowest BCUT2D eigenvalue weighted by Gasteiger charge is -2.45. The molecular weight excluding hydrogens is 604 g/mol. The molecule has 1 fully saturated rings. The van der Waals surface area contributed by atoms with Crippen molar-refractivity contribution in [2.24, 2.45) is 11.8 Å². The van der Waals surface area contributed by atoms with E-state index in [2.05, 4.69) is 30.2 Å². The number of halogens is 1. The van der Waals surface area contributed by atoms with Gasteiger partial charge in [-0.3, -0.25) is 4.79 Å². The molecule has 1 heterocycles. The van der Waals surface area contributed by atoms with Crippen LogP contribution in [0.15, 0.2) is 61.7 Å². The Morgan fingerprint density at radius 1 is 1.26 bits per heavy atom. The van der Waals surface area contributed by atoms with Crippen LogP contribution in [0.2, 0.25) is 5.02 Å². The Hall–Kier alpha value is -3.33. The van der Waals surface area contributed by atoms with Crippen LogP contribution in [0.1, 0.15) is 62.1 Å². The van der Waals surface area contributed by atoms with Gasteiger partial charge in [-0.1, -0.05) is 35.9 Å². The Balaban J connectivity index is 1.56. The Bertz CT molecular complexity index is 1480.